The molecule has 0 saturated carbocycles. The summed E-state index contributed by atoms with van der Waals surface area (Å²) in [5.41, 5.74) is 4.18. The predicted molar refractivity (Wildman–Crippen MR) is 96.4 cm³/mol. The fraction of sp³-hybridized carbons (Fsp3) is 0.526. The number of aryl methyl sites for hydroxylation is 1. The Hall–Kier alpha value is -1.81. The molecule has 4 nitrogen and oxygen atoms in total. The minimum absolute atomic E-state index is 0.200. The Morgan fingerprint density at radius 1 is 1.35 bits per heavy atom. The first-order chi connectivity index (χ1) is 11.0. The largest absolute Gasteiger partial charge is 0.378 e. The van der Waals surface area contributed by atoms with E-state index >= 15 is 0 Å². The number of benzene rings is 1. The number of fused-ring (bicyclic) bond motifs is 1. The van der Waals surface area contributed by atoms with E-state index in [2.05, 4.69) is 18.0 Å². The summed E-state index contributed by atoms with van der Waals surface area (Å²) in [4.78, 5) is 20.0. The quantitative estimate of drug-likeness (QED) is 0.906. The molecule has 1 saturated heterocycles. The molecule has 2 heterocycles. The molecule has 1 fully saturated rings. The minimum Gasteiger partial charge on any atom is -0.378 e. The molecule has 0 radical (unpaired) electrons. The Morgan fingerprint density at radius 3 is 2.83 bits per heavy atom. The van der Waals surface area contributed by atoms with E-state index in [9.17, 15) is 4.79 Å². The first-order valence-corrected chi connectivity index (χ1v) is 8.62. The van der Waals surface area contributed by atoms with Gasteiger partial charge in [-0.25, -0.2) is 0 Å². The van der Waals surface area contributed by atoms with Gasteiger partial charge in [-0.1, -0.05) is 6.92 Å². The van der Waals surface area contributed by atoms with Crippen molar-refractivity contribution in [2.75, 3.05) is 32.1 Å². The zero-order valence-corrected chi connectivity index (χ0v) is 14.7. The van der Waals surface area contributed by atoms with Gasteiger partial charge in [-0.2, -0.15) is 0 Å². The van der Waals surface area contributed by atoms with Crippen molar-refractivity contribution < 1.29 is 4.90 Å². The molecule has 0 amide bonds. The van der Waals surface area contributed by atoms with Gasteiger partial charge < -0.3 is 14.8 Å². The van der Waals surface area contributed by atoms with Crippen molar-refractivity contribution in [1.82, 2.24) is 4.98 Å². The van der Waals surface area contributed by atoms with Gasteiger partial charge in [0.25, 0.3) is 0 Å². The highest BCUT2D eigenvalue weighted by Crippen LogP contribution is 2.18. The van der Waals surface area contributed by atoms with Crippen LogP contribution in [0.15, 0.2) is 23.0 Å². The van der Waals surface area contributed by atoms with Crippen molar-refractivity contribution in [2.45, 2.75) is 33.2 Å². The molecule has 1 unspecified atom stereocenters. The normalized spacial score (nSPS) is 21.6. The summed E-state index contributed by atoms with van der Waals surface area (Å²) >= 11 is 0. The van der Waals surface area contributed by atoms with Crippen LogP contribution in [0.2, 0.25) is 0 Å². The third-order valence-electron chi connectivity index (χ3n) is 5.10. The average molecular weight is 314 g/mol. The van der Waals surface area contributed by atoms with Gasteiger partial charge in [0.15, 0.2) is 5.43 Å². The summed E-state index contributed by atoms with van der Waals surface area (Å²) in [6.07, 6.45) is 2.59. The standard InChI is InChI=1S/C19H27N3O/c1-13-6-5-9-22(11-13)12-17-14(2)20-18-8-7-15(21(3)4)10-16(18)19(17)23/h7-8,10,13H,5-6,9,11-12H2,1-4H3,(H,20,23)/p+1/t13-/m1/s1. The van der Waals surface area contributed by atoms with E-state index in [1.807, 2.05) is 38.1 Å². The number of piperidine rings is 1. The average Bonchev–Trinajstić information content (AvgIpc) is 2.51. The highest BCUT2D eigenvalue weighted by Gasteiger charge is 2.22. The Kier molecular flexibility index (Phi) is 4.44. The first-order valence-electron chi connectivity index (χ1n) is 8.62. The molecule has 124 valence electrons. The molecule has 0 spiro atoms. The molecule has 1 aliphatic heterocycles. The lowest BCUT2D eigenvalue weighted by Crippen LogP contribution is -3.12. The first kappa shape index (κ1) is 16.1. The van der Waals surface area contributed by atoms with E-state index < -0.39 is 0 Å². The predicted octanol–water partition coefficient (Wildman–Crippen LogP) is 1.72. The molecule has 23 heavy (non-hydrogen) atoms. The second-order valence-electron chi connectivity index (χ2n) is 7.31. The number of pyridine rings is 1. The smallest absolute Gasteiger partial charge is 0.198 e. The van der Waals surface area contributed by atoms with Crippen LogP contribution in [-0.4, -0.2) is 32.2 Å². The number of anilines is 1. The Bertz CT molecular complexity index is 763. The molecule has 4 heteroatoms. The van der Waals surface area contributed by atoms with E-state index in [-0.39, 0.29) is 5.43 Å². The molecule has 1 aromatic carbocycles. The molecular formula is C19H28N3O+. The lowest BCUT2D eigenvalue weighted by molar-refractivity contribution is -0.922. The number of H-pyrrole nitrogens is 1. The Labute approximate surface area is 138 Å². The molecule has 1 aromatic heterocycles. The topological polar surface area (TPSA) is 40.5 Å². The molecule has 2 aromatic rings. The number of nitrogens with zero attached hydrogens (tertiary/aromatic N) is 1. The highest BCUT2D eigenvalue weighted by molar-refractivity contribution is 5.83. The van der Waals surface area contributed by atoms with Crippen LogP contribution >= 0.6 is 0 Å². The van der Waals surface area contributed by atoms with Crippen LogP contribution in [0.3, 0.4) is 0 Å². The second kappa shape index (κ2) is 6.36. The maximum absolute atomic E-state index is 13.0. The number of quaternary nitrogens is 1. The van der Waals surface area contributed by atoms with Gasteiger partial charge in [0, 0.05) is 42.3 Å². The van der Waals surface area contributed by atoms with Gasteiger partial charge in [-0.15, -0.1) is 0 Å². The van der Waals surface area contributed by atoms with Crippen LogP contribution in [0.25, 0.3) is 10.9 Å². The van der Waals surface area contributed by atoms with Crippen molar-refractivity contribution in [2.24, 2.45) is 5.92 Å². The van der Waals surface area contributed by atoms with Crippen LogP contribution in [0.1, 0.15) is 31.0 Å². The zero-order valence-electron chi connectivity index (χ0n) is 14.7. The van der Waals surface area contributed by atoms with E-state index in [1.165, 1.54) is 25.9 Å². The van der Waals surface area contributed by atoms with Gasteiger partial charge >= 0.3 is 0 Å². The Morgan fingerprint density at radius 2 is 2.13 bits per heavy atom. The monoisotopic (exact) mass is 314 g/mol. The maximum Gasteiger partial charge on any atom is 0.198 e. The molecule has 0 aliphatic carbocycles. The van der Waals surface area contributed by atoms with Gasteiger partial charge in [0.2, 0.25) is 0 Å². The van der Waals surface area contributed by atoms with Crippen molar-refractivity contribution in [3.8, 4) is 0 Å². The summed E-state index contributed by atoms with van der Waals surface area (Å²) in [6, 6.07) is 6.07. The van der Waals surface area contributed by atoms with Crippen LogP contribution < -0.4 is 15.2 Å². The molecule has 3 rings (SSSR count). The Balaban J connectivity index is 2.00. The fourth-order valence-electron chi connectivity index (χ4n) is 3.74. The zero-order chi connectivity index (χ0) is 16.6. The number of hydrogen-bond donors (Lipinski definition) is 2. The molecular weight excluding hydrogens is 286 g/mol. The van der Waals surface area contributed by atoms with Crippen LogP contribution in [-0.2, 0) is 6.54 Å². The highest BCUT2D eigenvalue weighted by atomic mass is 16.1. The summed E-state index contributed by atoms with van der Waals surface area (Å²) in [6.45, 7) is 7.55. The summed E-state index contributed by atoms with van der Waals surface area (Å²) in [5, 5.41) is 0.807. The van der Waals surface area contributed by atoms with Gasteiger partial charge in [0.1, 0.15) is 6.54 Å². The van der Waals surface area contributed by atoms with Gasteiger partial charge in [-0.3, -0.25) is 4.79 Å². The number of likely N-dealkylation sites (tertiary alicyclic amines) is 1. The number of rotatable bonds is 3. The van der Waals surface area contributed by atoms with E-state index in [1.54, 1.807) is 4.90 Å². The van der Waals surface area contributed by atoms with E-state index in [0.717, 1.165) is 40.3 Å². The lowest BCUT2D eigenvalue weighted by Gasteiger charge is -2.28. The number of aromatic amines is 1. The van der Waals surface area contributed by atoms with Crippen LogP contribution in [0.4, 0.5) is 5.69 Å². The van der Waals surface area contributed by atoms with Crippen LogP contribution in [0.5, 0.6) is 0 Å². The fourth-order valence-corrected chi connectivity index (χ4v) is 3.74. The molecule has 1 aliphatic rings. The number of nitrogens with one attached hydrogen (secondary N) is 2. The third-order valence-corrected chi connectivity index (χ3v) is 5.10. The SMILES string of the molecule is Cc1[nH]c2ccc(N(C)C)cc2c(=O)c1C[NH+]1CCC[C@@H](C)C1. The number of aromatic nitrogens is 1. The van der Waals surface area contributed by atoms with Crippen molar-refractivity contribution in [1.29, 1.82) is 0 Å². The van der Waals surface area contributed by atoms with Crippen LogP contribution in [0, 0.1) is 12.8 Å². The van der Waals surface area contributed by atoms with E-state index in [0.29, 0.717) is 0 Å². The lowest BCUT2D eigenvalue weighted by atomic mass is 9.99. The van der Waals surface area contributed by atoms with Crippen molar-refractivity contribution in [3.05, 3.63) is 39.7 Å². The maximum atomic E-state index is 13.0. The summed E-state index contributed by atoms with van der Waals surface area (Å²) in [7, 11) is 4.01. The van der Waals surface area contributed by atoms with Crippen molar-refractivity contribution >= 4 is 16.6 Å². The third kappa shape index (κ3) is 3.27. The second-order valence-corrected chi connectivity index (χ2v) is 7.31. The number of hydrogen-bond acceptors (Lipinski definition) is 2. The molecule has 2 N–H and O–H groups in total. The summed E-state index contributed by atoms with van der Waals surface area (Å²) < 4.78 is 0. The molecule has 0 bridgehead atoms. The molecule has 2 atom stereocenters. The summed E-state index contributed by atoms with van der Waals surface area (Å²) in [5.74, 6) is 0.763. The van der Waals surface area contributed by atoms with Crippen molar-refractivity contribution in [3.63, 3.8) is 0 Å². The minimum atomic E-state index is 0.200. The van der Waals surface area contributed by atoms with Gasteiger partial charge in [-0.05, 0) is 38.0 Å². The van der Waals surface area contributed by atoms with E-state index in [4.69, 9.17) is 0 Å². The van der Waals surface area contributed by atoms with Gasteiger partial charge in [0.05, 0.1) is 18.7 Å².